The van der Waals surface area contributed by atoms with Crippen molar-refractivity contribution in [1.29, 1.82) is 0 Å². The lowest BCUT2D eigenvalue weighted by Gasteiger charge is -2.05. The van der Waals surface area contributed by atoms with Crippen LogP contribution >= 0.6 is 34.8 Å². The smallest absolute Gasteiger partial charge is 0.225 e. The van der Waals surface area contributed by atoms with Gasteiger partial charge in [0, 0.05) is 0 Å². The first-order valence-corrected chi connectivity index (χ1v) is 5.01. The summed E-state index contributed by atoms with van der Waals surface area (Å²) in [4.78, 5) is 10.8. The molecule has 0 spiro atoms. The van der Waals surface area contributed by atoms with Crippen molar-refractivity contribution in [3.05, 3.63) is 36.9 Å². The predicted octanol–water partition coefficient (Wildman–Crippen LogP) is 1.57. The van der Waals surface area contributed by atoms with Crippen molar-refractivity contribution in [2.45, 2.75) is 3.79 Å². The van der Waals surface area contributed by atoms with Gasteiger partial charge in [-0.15, -0.1) is 10.2 Å². The van der Waals surface area contributed by atoms with Crippen LogP contribution in [0, 0.1) is 0 Å². The topological polar surface area (TPSA) is 77.3 Å². The Morgan fingerprint density at radius 1 is 0.938 bits per heavy atom. The van der Waals surface area contributed by atoms with Gasteiger partial charge in [0.1, 0.15) is 12.7 Å². The van der Waals surface area contributed by atoms with Crippen molar-refractivity contribution < 1.29 is 0 Å². The van der Waals surface area contributed by atoms with Gasteiger partial charge in [0.2, 0.25) is 3.79 Å². The SMILES string of the molecule is ClC(Cl)(Cl)c1ncncn1.c1cnnnc1. The third-order valence-electron chi connectivity index (χ3n) is 1.16. The molecule has 0 saturated heterocycles. The van der Waals surface area contributed by atoms with Crippen molar-refractivity contribution in [1.82, 2.24) is 30.4 Å². The average Bonchev–Trinajstić information content (AvgIpc) is 2.32. The molecule has 0 aromatic carbocycles. The maximum Gasteiger partial charge on any atom is 0.250 e. The number of rotatable bonds is 0. The highest BCUT2D eigenvalue weighted by Gasteiger charge is 2.25. The molecule has 0 fully saturated rings. The lowest BCUT2D eigenvalue weighted by Crippen LogP contribution is -2.06. The molecule has 0 amide bonds. The Bertz CT molecular complexity index is 365. The van der Waals surface area contributed by atoms with Crippen molar-refractivity contribution in [2.24, 2.45) is 0 Å². The van der Waals surface area contributed by atoms with Crippen LogP contribution in [0.1, 0.15) is 5.82 Å². The highest BCUT2D eigenvalue weighted by molar-refractivity contribution is 6.66. The van der Waals surface area contributed by atoms with Crippen LogP contribution in [0.2, 0.25) is 0 Å². The summed E-state index contributed by atoms with van der Waals surface area (Å²) < 4.78 is -1.55. The van der Waals surface area contributed by atoms with E-state index in [0.29, 0.717) is 0 Å². The molecule has 0 atom stereocenters. The molecule has 6 nitrogen and oxygen atoms in total. The standard InChI is InChI=1S/C4H2Cl3N3.C3H3N3/c5-4(6,7)3-9-1-8-2-10-3;1-2-4-6-5-3-1/h1-2H;1-3H. The van der Waals surface area contributed by atoms with Gasteiger partial charge in [-0.25, -0.2) is 15.0 Å². The molecule has 2 heterocycles. The molecular formula is C7H5Cl3N6. The molecule has 84 valence electrons. The Labute approximate surface area is 106 Å². The van der Waals surface area contributed by atoms with E-state index in [2.05, 4.69) is 30.4 Å². The normalized spacial score (nSPS) is 10.2. The molecule has 9 heteroatoms. The van der Waals surface area contributed by atoms with Gasteiger partial charge in [0.05, 0.1) is 12.4 Å². The van der Waals surface area contributed by atoms with E-state index in [1.54, 1.807) is 18.5 Å². The quantitative estimate of drug-likeness (QED) is 0.681. The van der Waals surface area contributed by atoms with E-state index in [1.165, 1.54) is 12.7 Å². The molecule has 0 aliphatic heterocycles. The molecule has 0 aliphatic rings. The Balaban J connectivity index is 0.000000181. The van der Waals surface area contributed by atoms with Crippen LogP contribution in [0.5, 0.6) is 0 Å². The van der Waals surface area contributed by atoms with Crippen LogP contribution in [0.15, 0.2) is 31.1 Å². The van der Waals surface area contributed by atoms with Gasteiger partial charge in [0.15, 0.2) is 5.82 Å². The summed E-state index contributed by atoms with van der Waals surface area (Å²) in [7, 11) is 0. The summed E-state index contributed by atoms with van der Waals surface area (Å²) >= 11 is 16.3. The van der Waals surface area contributed by atoms with Crippen molar-refractivity contribution in [3.63, 3.8) is 0 Å². The van der Waals surface area contributed by atoms with Crippen molar-refractivity contribution in [3.8, 4) is 0 Å². The molecular weight excluding hydrogens is 274 g/mol. The van der Waals surface area contributed by atoms with E-state index >= 15 is 0 Å². The Morgan fingerprint density at radius 3 is 1.75 bits per heavy atom. The number of hydrogen-bond donors (Lipinski definition) is 0. The molecule has 2 rings (SSSR count). The molecule has 0 unspecified atom stereocenters. The average molecular weight is 280 g/mol. The summed E-state index contributed by atoms with van der Waals surface area (Å²) in [6.45, 7) is 0. The first kappa shape index (κ1) is 13.0. The predicted molar refractivity (Wildman–Crippen MR) is 58.9 cm³/mol. The van der Waals surface area contributed by atoms with E-state index in [0.717, 1.165) is 0 Å². The van der Waals surface area contributed by atoms with Gasteiger partial charge in [0.25, 0.3) is 0 Å². The van der Waals surface area contributed by atoms with Crippen molar-refractivity contribution >= 4 is 34.8 Å². The van der Waals surface area contributed by atoms with E-state index in [4.69, 9.17) is 34.8 Å². The fraction of sp³-hybridized carbons (Fsp3) is 0.143. The van der Waals surface area contributed by atoms with Crippen LogP contribution in [-0.4, -0.2) is 30.4 Å². The monoisotopic (exact) mass is 278 g/mol. The highest BCUT2D eigenvalue weighted by atomic mass is 35.6. The van der Waals surface area contributed by atoms with E-state index in [9.17, 15) is 0 Å². The number of alkyl halides is 3. The Hall–Kier alpha value is -1.11. The Morgan fingerprint density at radius 2 is 1.50 bits per heavy atom. The summed E-state index contributed by atoms with van der Waals surface area (Å²) in [5.41, 5.74) is 0. The maximum atomic E-state index is 5.44. The molecule has 2 aromatic rings. The van der Waals surface area contributed by atoms with Crippen LogP contribution in [0.25, 0.3) is 0 Å². The first-order valence-electron chi connectivity index (χ1n) is 3.88. The number of aromatic nitrogens is 6. The zero-order valence-corrected chi connectivity index (χ0v) is 9.97. The van der Waals surface area contributed by atoms with E-state index in [1.807, 2.05) is 0 Å². The number of halogens is 3. The second-order valence-corrected chi connectivity index (χ2v) is 4.55. The maximum absolute atomic E-state index is 5.44. The van der Waals surface area contributed by atoms with Gasteiger partial charge in [-0.05, 0) is 11.3 Å². The van der Waals surface area contributed by atoms with Gasteiger partial charge in [-0.2, -0.15) is 0 Å². The fourth-order valence-corrected chi connectivity index (χ4v) is 0.883. The summed E-state index contributed by atoms with van der Waals surface area (Å²) in [6.07, 6.45) is 5.69. The largest absolute Gasteiger partial charge is 0.250 e. The first-order chi connectivity index (χ1) is 7.61. The third kappa shape index (κ3) is 5.11. The van der Waals surface area contributed by atoms with Crippen LogP contribution in [0.4, 0.5) is 0 Å². The van der Waals surface area contributed by atoms with Crippen LogP contribution in [-0.2, 0) is 3.79 Å². The number of nitrogens with zero attached hydrogens (tertiary/aromatic N) is 6. The number of hydrogen-bond acceptors (Lipinski definition) is 6. The van der Waals surface area contributed by atoms with Crippen LogP contribution < -0.4 is 0 Å². The van der Waals surface area contributed by atoms with Gasteiger partial charge in [-0.3, -0.25) is 0 Å². The molecule has 0 N–H and O–H groups in total. The molecule has 0 saturated carbocycles. The van der Waals surface area contributed by atoms with Crippen LogP contribution in [0.3, 0.4) is 0 Å². The van der Waals surface area contributed by atoms with Gasteiger partial charge >= 0.3 is 0 Å². The minimum atomic E-state index is -1.55. The molecule has 0 bridgehead atoms. The summed E-state index contributed by atoms with van der Waals surface area (Å²) in [5, 5.41) is 10.1. The molecule has 0 aliphatic carbocycles. The zero-order chi connectivity index (χ0) is 11.9. The minimum Gasteiger partial charge on any atom is -0.225 e. The zero-order valence-electron chi connectivity index (χ0n) is 7.70. The minimum absolute atomic E-state index is 0.132. The second kappa shape index (κ2) is 6.47. The Kier molecular flexibility index (Phi) is 5.24. The van der Waals surface area contributed by atoms with Gasteiger partial charge in [-0.1, -0.05) is 34.8 Å². The lowest BCUT2D eigenvalue weighted by atomic mass is 10.7. The molecule has 0 radical (unpaired) electrons. The summed E-state index contributed by atoms with van der Waals surface area (Å²) in [5.74, 6) is 0.132. The third-order valence-corrected chi connectivity index (χ3v) is 1.66. The van der Waals surface area contributed by atoms with E-state index in [-0.39, 0.29) is 5.82 Å². The summed E-state index contributed by atoms with van der Waals surface area (Å²) in [6, 6.07) is 1.72. The van der Waals surface area contributed by atoms with E-state index < -0.39 is 3.79 Å². The second-order valence-electron chi connectivity index (χ2n) is 2.27. The molecule has 16 heavy (non-hydrogen) atoms. The molecule has 2 aromatic heterocycles. The van der Waals surface area contributed by atoms with Crippen molar-refractivity contribution in [2.75, 3.05) is 0 Å². The van der Waals surface area contributed by atoms with Gasteiger partial charge < -0.3 is 0 Å². The fourth-order valence-electron chi connectivity index (χ4n) is 0.590. The lowest BCUT2D eigenvalue weighted by molar-refractivity contribution is 0.865. The highest BCUT2D eigenvalue weighted by Crippen LogP contribution is 2.34.